The van der Waals surface area contributed by atoms with E-state index in [0.29, 0.717) is 12.6 Å². The molecule has 0 unspecified atom stereocenters. The van der Waals surface area contributed by atoms with Crippen molar-refractivity contribution in [3.05, 3.63) is 114 Å². The summed E-state index contributed by atoms with van der Waals surface area (Å²) < 4.78 is 6.25. The lowest BCUT2D eigenvalue weighted by molar-refractivity contribution is 0.302. The molecule has 0 aliphatic carbocycles. The standard InChI is InChI=1S/C28H29NO/c1-22(16-17-23-10-4-2-5-11-23)29-20-27-26-15-9-8-14-25(26)18-19-28(27)30-21-24-12-6-3-7-13-24/h2-15,18-19,22,29H,16-17,20-21H2,1H3/t22-/m1/s1. The van der Waals surface area contributed by atoms with E-state index in [0.717, 1.165) is 25.1 Å². The topological polar surface area (TPSA) is 21.3 Å². The second kappa shape index (κ2) is 10.1. The van der Waals surface area contributed by atoms with Crippen molar-refractivity contribution >= 4 is 10.8 Å². The second-order valence-corrected chi connectivity index (χ2v) is 7.84. The first-order chi connectivity index (χ1) is 14.8. The molecule has 1 atom stereocenters. The third-order valence-corrected chi connectivity index (χ3v) is 5.57. The van der Waals surface area contributed by atoms with E-state index in [4.69, 9.17) is 4.74 Å². The molecule has 2 heteroatoms. The molecule has 0 aliphatic heterocycles. The molecule has 4 aromatic rings. The first kappa shape index (κ1) is 20.2. The van der Waals surface area contributed by atoms with Gasteiger partial charge in [0.25, 0.3) is 0 Å². The van der Waals surface area contributed by atoms with Gasteiger partial charge >= 0.3 is 0 Å². The minimum atomic E-state index is 0.422. The Hall–Kier alpha value is -3.10. The van der Waals surface area contributed by atoms with E-state index >= 15 is 0 Å². The number of rotatable bonds is 9. The number of benzene rings is 4. The van der Waals surface area contributed by atoms with Gasteiger partial charge in [-0.3, -0.25) is 0 Å². The summed E-state index contributed by atoms with van der Waals surface area (Å²) in [4.78, 5) is 0. The SMILES string of the molecule is C[C@H](CCc1ccccc1)NCc1c(OCc2ccccc2)ccc2ccccc12. The summed E-state index contributed by atoms with van der Waals surface area (Å²) in [5.74, 6) is 0.959. The predicted octanol–water partition coefficient (Wildman–Crippen LogP) is 6.53. The molecule has 0 bridgehead atoms. The Balaban J connectivity index is 1.46. The predicted molar refractivity (Wildman–Crippen MR) is 126 cm³/mol. The van der Waals surface area contributed by atoms with Crippen LogP contribution in [0.5, 0.6) is 5.75 Å². The van der Waals surface area contributed by atoms with Crippen molar-refractivity contribution < 1.29 is 4.74 Å². The van der Waals surface area contributed by atoms with Crippen molar-refractivity contribution in [3.63, 3.8) is 0 Å². The fourth-order valence-electron chi connectivity index (χ4n) is 3.78. The summed E-state index contributed by atoms with van der Waals surface area (Å²) in [7, 11) is 0. The molecule has 0 aliphatic rings. The van der Waals surface area contributed by atoms with E-state index in [-0.39, 0.29) is 0 Å². The van der Waals surface area contributed by atoms with Gasteiger partial charge in [-0.05, 0) is 47.7 Å². The normalized spacial score (nSPS) is 12.0. The van der Waals surface area contributed by atoms with Crippen molar-refractivity contribution in [1.82, 2.24) is 5.32 Å². The molecule has 0 saturated heterocycles. The number of nitrogens with one attached hydrogen (secondary N) is 1. The number of fused-ring (bicyclic) bond motifs is 1. The van der Waals surface area contributed by atoms with Gasteiger partial charge < -0.3 is 10.1 Å². The molecule has 0 amide bonds. The van der Waals surface area contributed by atoms with Crippen molar-refractivity contribution in [1.29, 1.82) is 0 Å². The number of aryl methyl sites for hydroxylation is 1. The molecule has 0 fully saturated rings. The Morgan fingerprint density at radius 3 is 2.17 bits per heavy atom. The molecule has 0 heterocycles. The highest BCUT2D eigenvalue weighted by Crippen LogP contribution is 2.29. The Morgan fingerprint density at radius 1 is 0.733 bits per heavy atom. The average Bonchev–Trinajstić information content (AvgIpc) is 2.81. The van der Waals surface area contributed by atoms with E-state index in [1.54, 1.807) is 0 Å². The number of hydrogen-bond acceptors (Lipinski definition) is 2. The summed E-state index contributed by atoms with van der Waals surface area (Å²) in [6, 6.07) is 34.3. The van der Waals surface area contributed by atoms with E-state index in [1.165, 1.54) is 27.5 Å². The number of ether oxygens (including phenoxy) is 1. The van der Waals surface area contributed by atoms with Crippen LogP contribution in [0.25, 0.3) is 10.8 Å². The number of hydrogen-bond donors (Lipinski definition) is 1. The lowest BCUT2D eigenvalue weighted by Gasteiger charge is -2.18. The van der Waals surface area contributed by atoms with E-state index in [2.05, 4.69) is 103 Å². The zero-order chi connectivity index (χ0) is 20.6. The fraction of sp³-hybridized carbons (Fsp3) is 0.214. The third kappa shape index (κ3) is 5.28. The Morgan fingerprint density at radius 2 is 1.40 bits per heavy atom. The summed E-state index contributed by atoms with van der Waals surface area (Å²) in [6.07, 6.45) is 2.19. The molecule has 4 aromatic carbocycles. The van der Waals surface area contributed by atoms with Crippen LogP contribution in [0.2, 0.25) is 0 Å². The van der Waals surface area contributed by atoms with Crippen LogP contribution in [0.4, 0.5) is 0 Å². The quantitative estimate of drug-likeness (QED) is 0.348. The summed E-state index contributed by atoms with van der Waals surface area (Å²) in [6.45, 7) is 3.63. The highest BCUT2D eigenvalue weighted by Gasteiger charge is 2.11. The lowest BCUT2D eigenvalue weighted by Crippen LogP contribution is -2.26. The van der Waals surface area contributed by atoms with Gasteiger partial charge in [0.1, 0.15) is 12.4 Å². The van der Waals surface area contributed by atoms with Gasteiger partial charge in [0.2, 0.25) is 0 Å². The van der Waals surface area contributed by atoms with E-state index in [9.17, 15) is 0 Å². The lowest BCUT2D eigenvalue weighted by atomic mass is 10.0. The maximum atomic E-state index is 6.25. The van der Waals surface area contributed by atoms with Gasteiger partial charge in [0, 0.05) is 18.2 Å². The summed E-state index contributed by atoms with van der Waals surface area (Å²) in [5, 5.41) is 6.22. The molecular weight excluding hydrogens is 366 g/mol. The van der Waals surface area contributed by atoms with Crippen LogP contribution in [0.3, 0.4) is 0 Å². The van der Waals surface area contributed by atoms with Gasteiger partial charge in [0.05, 0.1) is 0 Å². The zero-order valence-corrected chi connectivity index (χ0v) is 17.6. The van der Waals surface area contributed by atoms with Crippen LogP contribution in [0.15, 0.2) is 97.1 Å². The summed E-state index contributed by atoms with van der Waals surface area (Å²) >= 11 is 0. The largest absolute Gasteiger partial charge is 0.489 e. The van der Waals surface area contributed by atoms with Crippen molar-refractivity contribution in [2.45, 2.75) is 39.0 Å². The Labute approximate surface area is 179 Å². The fourth-order valence-corrected chi connectivity index (χ4v) is 3.78. The first-order valence-corrected chi connectivity index (χ1v) is 10.7. The summed E-state index contributed by atoms with van der Waals surface area (Å²) in [5.41, 5.74) is 3.81. The molecule has 0 spiro atoms. The smallest absolute Gasteiger partial charge is 0.124 e. The second-order valence-electron chi connectivity index (χ2n) is 7.84. The average molecular weight is 396 g/mol. The van der Waals surface area contributed by atoms with Crippen molar-refractivity contribution in [2.75, 3.05) is 0 Å². The first-order valence-electron chi connectivity index (χ1n) is 10.7. The zero-order valence-electron chi connectivity index (χ0n) is 17.6. The molecule has 0 aromatic heterocycles. The van der Waals surface area contributed by atoms with Crippen LogP contribution >= 0.6 is 0 Å². The van der Waals surface area contributed by atoms with Crippen LogP contribution in [-0.4, -0.2) is 6.04 Å². The third-order valence-electron chi connectivity index (χ3n) is 5.57. The molecule has 0 saturated carbocycles. The van der Waals surface area contributed by atoms with Crippen LogP contribution in [0, 0.1) is 0 Å². The van der Waals surface area contributed by atoms with Crippen LogP contribution in [-0.2, 0) is 19.6 Å². The molecule has 152 valence electrons. The van der Waals surface area contributed by atoms with Gasteiger partial charge in [-0.1, -0.05) is 91.0 Å². The maximum absolute atomic E-state index is 6.25. The van der Waals surface area contributed by atoms with E-state index < -0.39 is 0 Å². The minimum absolute atomic E-state index is 0.422. The van der Waals surface area contributed by atoms with E-state index in [1.807, 2.05) is 6.07 Å². The van der Waals surface area contributed by atoms with Crippen LogP contribution in [0.1, 0.15) is 30.0 Å². The monoisotopic (exact) mass is 395 g/mol. The minimum Gasteiger partial charge on any atom is -0.489 e. The molecule has 4 rings (SSSR count). The van der Waals surface area contributed by atoms with Crippen molar-refractivity contribution in [3.8, 4) is 5.75 Å². The van der Waals surface area contributed by atoms with Gasteiger partial charge in [-0.15, -0.1) is 0 Å². The Bertz CT molecular complexity index is 1060. The highest BCUT2D eigenvalue weighted by molar-refractivity contribution is 5.87. The van der Waals surface area contributed by atoms with Gasteiger partial charge in [0.15, 0.2) is 0 Å². The Kier molecular flexibility index (Phi) is 6.79. The van der Waals surface area contributed by atoms with Crippen LogP contribution < -0.4 is 10.1 Å². The maximum Gasteiger partial charge on any atom is 0.124 e. The molecule has 1 N–H and O–H groups in total. The molecule has 0 radical (unpaired) electrons. The van der Waals surface area contributed by atoms with Gasteiger partial charge in [-0.2, -0.15) is 0 Å². The molecule has 30 heavy (non-hydrogen) atoms. The highest BCUT2D eigenvalue weighted by atomic mass is 16.5. The molecule has 2 nitrogen and oxygen atoms in total. The molecular formula is C28H29NO. The van der Waals surface area contributed by atoms with Gasteiger partial charge in [-0.25, -0.2) is 0 Å². The van der Waals surface area contributed by atoms with Crippen molar-refractivity contribution in [2.24, 2.45) is 0 Å².